The van der Waals surface area contributed by atoms with Gasteiger partial charge in [-0.1, -0.05) is 60.7 Å². The van der Waals surface area contributed by atoms with Crippen LogP contribution in [-0.4, -0.2) is 49.8 Å². The van der Waals surface area contributed by atoms with Gasteiger partial charge < -0.3 is 9.80 Å². The lowest BCUT2D eigenvalue weighted by Crippen LogP contribution is -2.23. The molecule has 0 bridgehead atoms. The highest BCUT2D eigenvalue weighted by molar-refractivity contribution is 8.00. The van der Waals surface area contributed by atoms with Crippen LogP contribution in [0.15, 0.2) is 119 Å². The van der Waals surface area contributed by atoms with Gasteiger partial charge in [-0.15, -0.1) is 11.8 Å². The maximum Gasteiger partial charge on any atom is 0.250 e. The molecule has 0 radical (unpaired) electrons. The number of anilines is 4. The number of hydrogen-bond acceptors (Lipinski definition) is 7. The number of nitrogens with one attached hydrogen (secondary N) is 2. The highest BCUT2D eigenvalue weighted by atomic mass is 32.2. The third-order valence-corrected chi connectivity index (χ3v) is 7.05. The van der Waals surface area contributed by atoms with E-state index in [0.29, 0.717) is 0 Å². The number of benzene rings is 4. The second-order valence-electron chi connectivity index (χ2n) is 9.05. The quantitative estimate of drug-likeness (QED) is 0.174. The smallest absolute Gasteiger partial charge is 0.250 e. The van der Waals surface area contributed by atoms with Crippen molar-refractivity contribution in [3.63, 3.8) is 0 Å². The summed E-state index contributed by atoms with van der Waals surface area (Å²) in [5, 5.41) is 8.02. The van der Waals surface area contributed by atoms with Gasteiger partial charge in [0.15, 0.2) is 0 Å². The Labute approximate surface area is 244 Å². The third-order valence-electron chi connectivity index (χ3n) is 6.12. The fourth-order valence-corrected chi connectivity index (χ4v) is 4.43. The molecule has 0 aliphatic heterocycles. The standard InChI is InChI=1S/C32H32N6O2S/c1-37(27-9-5-3-6-10-27)29-17-13-25(14-18-29)21-33-35-31(39)23-41-24-32(40)36-34-22-26-15-19-30(20-16-26)38(2)28-11-7-4-8-12-28/h3-22H,23-24H2,1-2H3,(H,35,39)(H,36,40)/b33-21+,34-22+. The van der Waals surface area contributed by atoms with E-state index in [4.69, 9.17) is 0 Å². The van der Waals surface area contributed by atoms with Gasteiger partial charge in [-0.3, -0.25) is 9.59 Å². The molecule has 0 aliphatic carbocycles. The Morgan fingerprint density at radius 2 is 0.927 bits per heavy atom. The minimum atomic E-state index is -0.288. The monoisotopic (exact) mass is 564 g/mol. The highest BCUT2D eigenvalue weighted by Crippen LogP contribution is 2.24. The molecule has 4 aromatic rings. The van der Waals surface area contributed by atoms with E-state index in [2.05, 4.69) is 30.9 Å². The van der Waals surface area contributed by atoms with Crippen molar-refractivity contribution in [2.45, 2.75) is 0 Å². The van der Waals surface area contributed by atoms with Crippen LogP contribution in [0.25, 0.3) is 0 Å². The van der Waals surface area contributed by atoms with Crippen LogP contribution in [0.1, 0.15) is 11.1 Å². The second kappa shape index (κ2) is 15.0. The van der Waals surface area contributed by atoms with Crippen LogP contribution in [0.3, 0.4) is 0 Å². The molecule has 2 amide bonds. The summed E-state index contributed by atoms with van der Waals surface area (Å²) in [6, 6.07) is 35.9. The molecule has 8 nitrogen and oxygen atoms in total. The molecule has 0 aromatic heterocycles. The molecule has 208 valence electrons. The number of carbonyl (C=O) groups is 2. The average molecular weight is 565 g/mol. The fraction of sp³-hybridized carbons (Fsp3) is 0.125. The predicted octanol–water partition coefficient (Wildman–Crippen LogP) is 5.56. The molecular formula is C32H32N6O2S. The second-order valence-corrected chi connectivity index (χ2v) is 10.0. The van der Waals surface area contributed by atoms with Crippen LogP contribution >= 0.6 is 11.8 Å². The Morgan fingerprint density at radius 3 is 1.29 bits per heavy atom. The lowest BCUT2D eigenvalue weighted by molar-refractivity contribution is -0.118. The minimum Gasteiger partial charge on any atom is -0.345 e. The van der Waals surface area contributed by atoms with Crippen molar-refractivity contribution in [2.24, 2.45) is 10.2 Å². The molecule has 0 unspecified atom stereocenters. The van der Waals surface area contributed by atoms with Crippen LogP contribution in [0, 0.1) is 0 Å². The molecule has 0 aliphatic rings. The molecule has 0 atom stereocenters. The Kier molecular flexibility index (Phi) is 10.7. The Bertz CT molecular complexity index is 1350. The van der Waals surface area contributed by atoms with Gasteiger partial charge in [-0.25, -0.2) is 10.9 Å². The van der Waals surface area contributed by atoms with Crippen LogP contribution in [0.4, 0.5) is 22.7 Å². The molecule has 41 heavy (non-hydrogen) atoms. The first-order valence-electron chi connectivity index (χ1n) is 13.0. The molecule has 0 saturated heterocycles. The highest BCUT2D eigenvalue weighted by Gasteiger charge is 2.06. The molecular weight excluding hydrogens is 532 g/mol. The van der Waals surface area contributed by atoms with E-state index in [1.807, 2.05) is 123 Å². The minimum absolute atomic E-state index is 0.103. The zero-order valence-corrected chi connectivity index (χ0v) is 23.8. The number of thioether (sulfide) groups is 1. The number of para-hydroxylation sites is 2. The molecule has 0 saturated carbocycles. The summed E-state index contributed by atoms with van der Waals surface area (Å²) in [6.07, 6.45) is 3.17. The summed E-state index contributed by atoms with van der Waals surface area (Å²) in [6.45, 7) is 0. The average Bonchev–Trinajstić information content (AvgIpc) is 3.02. The number of hydrazone groups is 2. The van der Waals surface area contributed by atoms with Gasteiger partial charge in [-0.05, 0) is 59.7 Å². The van der Waals surface area contributed by atoms with Gasteiger partial charge in [0, 0.05) is 36.8 Å². The van der Waals surface area contributed by atoms with Crippen molar-refractivity contribution in [1.82, 2.24) is 10.9 Å². The van der Waals surface area contributed by atoms with E-state index in [1.165, 1.54) is 11.8 Å². The molecule has 9 heteroatoms. The van der Waals surface area contributed by atoms with Crippen molar-refractivity contribution in [3.8, 4) is 0 Å². The Morgan fingerprint density at radius 1 is 0.585 bits per heavy atom. The van der Waals surface area contributed by atoms with Gasteiger partial charge in [0.05, 0.1) is 23.9 Å². The third kappa shape index (κ3) is 9.08. The number of carbonyl (C=O) groups excluding carboxylic acids is 2. The SMILES string of the molecule is CN(c1ccccc1)c1ccc(/C=N/NC(=O)CSCC(=O)N/N=C/c2ccc(N(C)c3ccccc3)cc2)cc1. The van der Waals surface area contributed by atoms with Crippen molar-refractivity contribution < 1.29 is 9.59 Å². The fourth-order valence-electron chi connectivity index (χ4n) is 3.83. The van der Waals surface area contributed by atoms with Crippen molar-refractivity contribution in [1.29, 1.82) is 0 Å². The molecule has 2 N–H and O–H groups in total. The van der Waals surface area contributed by atoms with Gasteiger partial charge in [0.1, 0.15) is 0 Å². The van der Waals surface area contributed by atoms with Crippen LogP contribution < -0.4 is 20.7 Å². The first kappa shape index (κ1) is 29.1. The molecule has 0 fully saturated rings. The maximum atomic E-state index is 12.1. The van der Waals surface area contributed by atoms with E-state index in [-0.39, 0.29) is 23.3 Å². The zero-order chi connectivity index (χ0) is 28.9. The van der Waals surface area contributed by atoms with Gasteiger partial charge >= 0.3 is 0 Å². The number of rotatable bonds is 12. The lowest BCUT2D eigenvalue weighted by Gasteiger charge is -2.19. The molecule has 4 aromatic carbocycles. The van der Waals surface area contributed by atoms with Crippen molar-refractivity contribution >= 4 is 58.8 Å². The van der Waals surface area contributed by atoms with Crippen molar-refractivity contribution in [2.75, 3.05) is 35.4 Å². The molecule has 0 heterocycles. The number of nitrogens with zero attached hydrogens (tertiary/aromatic N) is 4. The largest absolute Gasteiger partial charge is 0.345 e. The zero-order valence-electron chi connectivity index (χ0n) is 23.0. The van der Waals surface area contributed by atoms with Crippen LogP contribution in [0.2, 0.25) is 0 Å². The number of hydrogen-bond donors (Lipinski definition) is 2. The first-order valence-corrected chi connectivity index (χ1v) is 14.1. The Hall–Kier alpha value is -4.89. The van der Waals surface area contributed by atoms with Crippen LogP contribution in [0.5, 0.6) is 0 Å². The Balaban J connectivity index is 1.13. The van der Waals surface area contributed by atoms with Gasteiger partial charge in [0.2, 0.25) is 11.8 Å². The maximum absolute atomic E-state index is 12.1. The summed E-state index contributed by atoms with van der Waals surface area (Å²) in [5.74, 6) is -0.371. The van der Waals surface area contributed by atoms with Gasteiger partial charge in [0.25, 0.3) is 0 Å². The van der Waals surface area contributed by atoms with E-state index < -0.39 is 0 Å². The van der Waals surface area contributed by atoms with E-state index in [1.54, 1.807) is 12.4 Å². The van der Waals surface area contributed by atoms with Crippen LogP contribution in [-0.2, 0) is 9.59 Å². The predicted molar refractivity (Wildman–Crippen MR) is 171 cm³/mol. The summed E-state index contributed by atoms with van der Waals surface area (Å²) < 4.78 is 0. The molecule has 4 rings (SSSR count). The molecule has 0 spiro atoms. The first-order chi connectivity index (χ1) is 20.0. The van der Waals surface area contributed by atoms with Crippen molar-refractivity contribution in [3.05, 3.63) is 120 Å². The summed E-state index contributed by atoms with van der Waals surface area (Å²) in [4.78, 5) is 28.3. The summed E-state index contributed by atoms with van der Waals surface area (Å²) >= 11 is 1.19. The summed E-state index contributed by atoms with van der Waals surface area (Å²) in [5.41, 5.74) is 11.0. The van der Waals surface area contributed by atoms with Gasteiger partial charge in [-0.2, -0.15) is 10.2 Å². The lowest BCUT2D eigenvalue weighted by atomic mass is 10.2. The summed E-state index contributed by atoms with van der Waals surface area (Å²) in [7, 11) is 4.02. The normalized spacial score (nSPS) is 11.0. The topological polar surface area (TPSA) is 89.4 Å². The van der Waals surface area contributed by atoms with E-state index in [0.717, 1.165) is 33.9 Å². The van der Waals surface area contributed by atoms with E-state index >= 15 is 0 Å². The van der Waals surface area contributed by atoms with E-state index in [9.17, 15) is 9.59 Å². The number of amides is 2.